The van der Waals surface area contributed by atoms with Crippen molar-refractivity contribution in [3.63, 3.8) is 0 Å². The van der Waals surface area contributed by atoms with Crippen LogP contribution in [0.25, 0.3) is 10.8 Å². The Balaban J connectivity index is 1.90. The molecule has 0 radical (unpaired) electrons. The second kappa shape index (κ2) is 5.94. The van der Waals surface area contributed by atoms with Gasteiger partial charge in [-0.05, 0) is 22.4 Å². The van der Waals surface area contributed by atoms with Crippen LogP contribution in [0.15, 0.2) is 60.7 Å². The fourth-order valence-corrected chi connectivity index (χ4v) is 2.51. The van der Waals surface area contributed by atoms with Gasteiger partial charge in [0.25, 0.3) is 0 Å². The molecule has 1 atom stereocenters. The van der Waals surface area contributed by atoms with Gasteiger partial charge < -0.3 is 9.84 Å². The van der Waals surface area contributed by atoms with Crippen LogP contribution in [-0.4, -0.2) is 17.2 Å². The first-order valence-electron chi connectivity index (χ1n) is 6.93. The molecule has 0 amide bonds. The highest BCUT2D eigenvalue weighted by molar-refractivity contribution is 5.85. The third kappa shape index (κ3) is 2.88. The number of pyridine rings is 1. The van der Waals surface area contributed by atoms with Crippen LogP contribution in [0.2, 0.25) is 0 Å². The number of benzene rings is 2. The molecule has 1 unspecified atom stereocenters. The van der Waals surface area contributed by atoms with Crippen molar-refractivity contribution in [1.29, 1.82) is 0 Å². The molecule has 0 saturated heterocycles. The third-order valence-electron chi connectivity index (χ3n) is 3.59. The number of fused-ring (bicyclic) bond motifs is 1. The van der Waals surface area contributed by atoms with Gasteiger partial charge >= 0.3 is 0 Å². The first-order valence-corrected chi connectivity index (χ1v) is 6.93. The van der Waals surface area contributed by atoms with Crippen LogP contribution in [0, 0.1) is 0 Å². The van der Waals surface area contributed by atoms with Crippen molar-refractivity contribution in [1.82, 2.24) is 4.98 Å². The summed E-state index contributed by atoms with van der Waals surface area (Å²) >= 11 is 0. The third-order valence-corrected chi connectivity index (χ3v) is 3.59. The number of aliphatic hydroxyl groups excluding tert-OH is 1. The summed E-state index contributed by atoms with van der Waals surface area (Å²) < 4.78 is 5.10. The van der Waals surface area contributed by atoms with Gasteiger partial charge in [0.2, 0.25) is 5.88 Å². The van der Waals surface area contributed by atoms with Crippen LogP contribution in [-0.2, 0) is 6.42 Å². The maximum absolute atomic E-state index is 10.4. The lowest BCUT2D eigenvalue weighted by molar-refractivity contribution is 0.173. The quantitative estimate of drug-likeness (QED) is 0.794. The Bertz CT molecular complexity index is 750. The van der Waals surface area contributed by atoms with E-state index in [-0.39, 0.29) is 0 Å². The molecule has 0 fully saturated rings. The van der Waals surface area contributed by atoms with Crippen molar-refractivity contribution in [3.8, 4) is 5.88 Å². The van der Waals surface area contributed by atoms with Gasteiger partial charge in [-0.15, -0.1) is 0 Å². The molecule has 3 nitrogen and oxygen atoms in total. The molecule has 0 bridgehead atoms. The zero-order valence-corrected chi connectivity index (χ0v) is 11.9. The van der Waals surface area contributed by atoms with Gasteiger partial charge in [-0.1, -0.05) is 48.5 Å². The molecular weight excluding hydrogens is 262 g/mol. The van der Waals surface area contributed by atoms with Crippen molar-refractivity contribution >= 4 is 10.8 Å². The molecule has 2 aromatic carbocycles. The van der Waals surface area contributed by atoms with E-state index >= 15 is 0 Å². The van der Waals surface area contributed by atoms with E-state index in [1.165, 1.54) is 10.8 Å². The Morgan fingerprint density at radius 2 is 1.76 bits per heavy atom. The molecule has 21 heavy (non-hydrogen) atoms. The van der Waals surface area contributed by atoms with Crippen molar-refractivity contribution in [2.45, 2.75) is 12.5 Å². The molecule has 0 aliphatic heterocycles. The molecule has 0 spiro atoms. The summed E-state index contributed by atoms with van der Waals surface area (Å²) in [6.45, 7) is 0. The first kappa shape index (κ1) is 13.6. The normalized spacial score (nSPS) is 12.3. The van der Waals surface area contributed by atoms with Gasteiger partial charge in [0.1, 0.15) is 6.10 Å². The van der Waals surface area contributed by atoms with Gasteiger partial charge in [0.05, 0.1) is 12.8 Å². The van der Waals surface area contributed by atoms with Crippen LogP contribution < -0.4 is 4.74 Å². The van der Waals surface area contributed by atoms with E-state index in [2.05, 4.69) is 23.2 Å². The molecule has 3 heteroatoms. The van der Waals surface area contributed by atoms with Crippen molar-refractivity contribution in [3.05, 3.63) is 71.9 Å². The maximum atomic E-state index is 10.4. The number of methoxy groups -OCH3 is 1. The number of nitrogens with zero attached hydrogens (tertiary/aromatic N) is 1. The predicted molar refractivity (Wildman–Crippen MR) is 83.4 cm³/mol. The standard InChI is InChI=1S/C18H17NO2/c1-21-18-11-5-10-16(19-18)17(20)12-14-8-4-7-13-6-2-3-9-15(13)14/h2-11,17,20H,12H2,1H3. The number of hydrogen-bond acceptors (Lipinski definition) is 3. The SMILES string of the molecule is COc1cccc(C(O)Cc2cccc3ccccc23)n1. The van der Waals surface area contributed by atoms with Crippen LogP contribution in [0.3, 0.4) is 0 Å². The van der Waals surface area contributed by atoms with Crippen LogP contribution >= 0.6 is 0 Å². The lowest BCUT2D eigenvalue weighted by Crippen LogP contribution is -2.05. The maximum Gasteiger partial charge on any atom is 0.213 e. The highest BCUT2D eigenvalue weighted by atomic mass is 16.5. The summed E-state index contributed by atoms with van der Waals surface area (Å²) in [5.41, 5.74) is 1.74. The molecule has 0 aliphatic carbocycles. The van der Waals surface area contributed by atoms with E-state index in [9.17, 15) is 5.11 Å². The van der Waals surface area contributed by atoms with Crippen molar-refractivity contribution < 1.29 is 9.84 Å². The second-order valence-electron chi connectivity index (χ2n) is 4.96. The average molecular weight is 279 g/mol. The van der Waals surface area contributed by atoms with E-state index in [1.54, 1.807) is 13.2 Å². The first-order chi connectivity index (χ1) is 10.3. The average Bonchev–Trinajstić information content (AvgIpc) is 2.55. The van der Waals surface area contributed by atoms with Gasteiger partial charge in [-0.3, -0.25) is 0 Å². The Labute approximate surface area is 123 Å². The fraction of sp³-hybridized carbons (Fsp3) is 0.167. The monoisotopic (exact) mass is 279 g/mol. The fourth-order valence-electron chi connectivity index (χ4n) is 2.51. The van der Waals surface area contributed by atoms with Gasteiger partial charge in [-0.2, -0.15) is 0 Å². The zero-order chi connectivity index (χ0) is 14.7. The molecule has 3 aromatic rings. The summed E-state index contributed by atoms with van der Waals surface area (Å²) in [6, 6.07) is 19.8. The number of aliphatic hydroxyl groups is 1. The van der Waals surface area contributed by atoms with Gasteiger partial charge in [0, 0.05) is 12.5 Å². The highest BCUT2D eigenvalue weighted by Crippen LogP contribution is 2.24. The minimum Gasteiger partial charge on any atom is -0.481 e. The number of aromatic nitrogens is 1. The molecule has 0 saturated carbocycles. The minimum atomic E-state index is -0.647. The summed E-state index contributed by atoms with van der Waals surface area (Å²) in [5.74, 6) is 0.518. The zero-order valence-electron chi connectivity index (χ0n) is 11.9. The number of hydrogen-bond donors (Lipinski definition) is 1. The largest absolute Gasteiger partial charge is 0.481 e. The lowest BCUT2D eigenvalue weighted by Gasteiger charge is -2.13. The molecule has 1 N–H and O–H groups in total. The summed E-state index contributed by atoms with van der Waals surface area (Å²) in [6.07, 6.45) is -0.118. The van der Waals surface area contributed by atoms with Crippen molar-refractivity contribution in [2.24, 2.45) is 0 Å². The Morgan fingerprint density at radius 3 is 2.62 bits per heavy atom. The van der Waals surface area contributed by atoms with Gasteiger partial charge in [0.15, 0.2) is 0 Å². The van der Waals surface area contributed by atoms with Crippen LogP contribution in [0.4, 0.5) is 0 Å². The minimum absolute atomic E-state index is 0.518. The highest BCUT2D eigenvalue weighted by Gasteiger charge is 2.12. The van der Waals surface area contributed by atoms with E-state index in [4.69, 9.17) is 4.74 Å². The predicted octanol–water partition coefficient (Wildman–Crippen LogP) is 3.52. The summed E-state index contributed by atoms with van der Waals surface area (Å²) in [7, 11) is 1.57. The van der Waals surface area contributed by atoms with Crippen LogP contribution in [0.5, 0.6) is 5.88 Å². The Hall–Kier alpha value is -2.39. The Kier molecular flexibility index (Phi) is 3.84. The molecular formula is C18H17NO2. The molecule has 1 aromatic heterocycles. The molecule has 106 valence electrons. The van der Waals surface area contributed by atoms with Crippen LogP contribution in [0.1, 0.15) is 17.4 Å². The number of rotatable bonds is 4. The molecule has 1 heterocycles. The van der Waals surface area contributed by atoms with Crippen molar-refractivity contribution in [2.75, 3.05) is 7.11 Å². The van der Waals surface area contributed by atoms with E-state index in [0.717, 1.165) is 5.56 Å². The Morgan fingerprint density at radius 1 is 1.00 bits per heavy atom. The topological polar surface area (TPSA) is 42.4 Å². The molecule has 3 rings (SSSR count). The van der Waals surface area contributed by atoms with E-state index < -0.39 is 6.10 Å². The van der Waals surface area contributed by atoms with Gasteiger partial charge in [-0.25, -0.2) is 4.98 Å². The smallest absolute Gasteiger partial charge is 0.213 e. The second-order valence-corrected chi connectivity index (χ2v) is 4.96. The lowest BCUT2D eigenvalue weighted by atomic mass is 9.98. The summed E-state index contributed by atoms with van der Waals surface area (Å²) in [4.78, 5) is 4.30. The number of ether oxygens (including phenoxy) is 1. The van der Waals surface area contributed by atoms with E-state index in [1.807, 2.05) is 36.4 Å². The van der Waals surface area contributed by atoms with E-state index in [0.29, 0.717) is 18.0 Å². The summed E-state index contributed by atoms with van der Waals surface area (Å²) in [5, 5.41) is 12.8. The molecule has 0 aliphatic rings.